The van der Waals surface area contributed by atoms with Crippen LogP contribution >= 0.6 is 11.6 Å². The molecule has 0 spiro atoms. The van der Waals surface area contributed by atoms with Crippen molar-refractivity contribution in [1.29, 1.82) is 0 Å². The van der Waals surface area contributed by atoms with Crippen LogP contribution in [-0.2, 0) is 19.1 Å². The Hall–Kier alpha value is -2.68. The van der Waals surface area contributed by atoms with E-state index in [1.54, 1.807) is 13.8 Å². The first-order valence-electron chi connectivity index (χ1n) is 8.61. The van der Waals surface area contributed by atoms with Crippen molar-refractivity contribution in [3.8, 4) is 0 Å². The highest BCUT2D eigenvalue weighted by molar-refractivity contribution is 6.33. The van der Waals surface area contributed by atoms with Gasteiger partial charge in [0.05, 0.1) is 10.7 Å². The average molecular weight is 414 g/mol. The lowest BCUT2D eigenvalue weighted by molar-refractivity contribution is -0.153. The lowest BCUT2D eigenvalue weighted by Gasteiger charge is -2.16. The number of carbonyl (C=O) groups excluding carboxylic acids is 4. The number of anilines is 1. The molecule has 1 heterocycles. The van der Waals surface area contributed by atoms with Crippen molar-refractivity contribution >= 4 is 41.1 Å². The summed E-state index contributed by atoms with van der Waals surface area (Å²) >= 11 is 5.83. The van der Waals surface area contributed by atoms with Crippen molar-refractivity contribution in [3.05, 3.63) is 29.0 Å². The molecule has 4 amide bonds. The monoisotopic (exact) mass is 413 g/mol. The fourth-order valence-corrected chi connectivity index (χ4v) is 2.75. The predicted molar refractivity (Wildman–Crippen MR) is 99.2 cm³/mol. The van der Waals surface area contributed by atoms with E-state index < -0.39 is 35.4 Å². The number of hydrogen-bond acceptors (Lipinski definition) is 5. The predicted octanol–water partition coefficient (Wildman–Crippen LogP) is 2.46. The van der Waals surface area contributed by atoms with Crippen LogP contribution in [0.5, 0.6) is 0 Å². The maximum absolute atomic E-state index is 13.0. The standard InChI is InChI=1S/C18H21ClFN3O5/c1-10(15(25)21-13-7-6-11(20)9-12(13)19)28-14(24)5-4-8-23-16(26)18(2,3)22-17(23)27/h6-7,9-10H,4-5,8H2,1-3H3,(H,21,25)(H,22,27)/t10-/m0/s1. The molecule has 1 aromatic rings. The molecular formula is C18H21ClFN3O5. The van der Waals surface area contributed by atoms with E-state index in [-0.39, 0.29) is 36.0 Å². The lowest BCUT2D eigenvalue weighted by atomic mass is 10.1. The third kappa shape index (κ3) is 5.19. The number of halogens is 2. The Morgan fingerprint density at radius 1 is 1.36 bits per heavy atom. The maximum atomic E-state index is 13.0. The van der Waals surface area contributed by atoms with Crippen molar-refractivity contribution in [3.63, 3.8) is 0 Å². The number of amides is 4. The summed E-state index contributed by atoms with van der Waals surface area (Å²) in [6, 6.07) is 2.97. The van der Waals surface area contributed by atoms with Gasteiger partial charge in [-0.05, 0) is 45.4 Å². The Kier molecular flexibility index (Phi) is 6.60. The number of nitrogens with zero attached hydrogens (tertiary/aromatic N) is 1. The highest BCUT2D eigenvalue weighted by Crippen LogP contribution is 2.22. The lowest BCUT2D eigenvalue weighted by Crippen LogP contribution is -2.40. The fourth-order valence-electron chi connectivity index (χ4n) is 2.54. The maximum Gasteiger partial charge on any atom is 0.325 e. The van der Waals surface area contributed by atoms with E-state index >= 15 is 0 Å². The first-order valence-corrected chi connectivity index (χ1v) is 8.98. The number of imide groups is 1. The number of nitrogens with one attached hydrogen (secondary N) is 2. The van der Waals surface area contributed by atoms with E-state index in [4.69, 9.17) is 16.3 Å². The summed E-state index contributed by atoms with van der Waals surface area (Å²) in [6.45, 7) is 4.63. The second-order valence-electron chi connectivity index (χ2n) is 6.86. The van der Waals surface area contributed by atoms with Gasteiger partial charge < -0.3 is 15.4 Å². The molecule has 8 nitrogen and oxygen atoms in total. The third-order valence-electron chi connectivity index (χ3n) is 4.07. The Morgan fingerprint density at radius 2 is 2.04 bits per heavy atom. The Morgan fingerprint density at radius 3 is 2.61 bits per heavy atom. The van der Waals surface area contributed by atoms with Crippen LogP contribution in [0.25, 0.3) is 0 Å². The number of hydrogen-bond donors (Lipinski definition) is 2. The van der Waals surface area contributed by atoms with Crippen LogP contribution in [-0.4, -0.2) is 46.9 Å². The SMILES string of the molecule is C[C@H](OC(=O)CCCN1C(=O)NC(C)(C)C1=O)C(=O)Nc1ccc(F)cc1Cl. The van der Waals surface area contributed by atoms with Crippen LogP contribution in [0.15, 0.2) is 18.2 Å². The van der Waals surface area contributed by atoms with E-state index in [9.17, 15) is 23.6 Å². The second-order valence-corrected chi connectivity index (χ2v) is 7.27. The highest BCUT2D eigenvalue weighted by atomic mass is 35.5. The Balaban J connectivity index is 1.78. The van der Waals surface area contributed by atoms with Gasteiger partial charge in [0.1, 0.15) is 11.4 Å². The Bertz CT molecular complexity index is 814. The molecule has 10 heteroatoms. The normalized spacial score (nSPS) is 16.5. The van der Waals surface area contributed by atoms with Crippen LogP contribution in [0.4, 0.5) is 14.9 Å². The van der Waals surface area contributed by atoms with Crippen LogP contribution < -0.4 is 10.6 Å². The molecular weight excluding hydrogens is 393 g/mol. The number of rotatable bonds is 7. The van der Waals surface area contributed by atoms with Gasteiger partial charge in [-0.2, -0.15) is 0 Å². The van der Waals surface area contributed by atoms with Crippen LogP contribution in [0.2, 0.25) is 5.02 Å². The van der Waals surface area contributed by atoms with Gasteiger partial charge in [-0.1, -0.05) is 11.6 Å². The van der Waals surface area contributed by atoms with E-state index in [0.29, 0.717) is 0 Å². The molecule has 0 unspecified atom stereocenters. The molecule has 0 saturated carbocycles. The minimum atomic E-state index is -1.11. The molecule has 1 saturated heterocycles. The van der Waals surface area contributed by atoms with Gasteiger partial charge in [-0.15, -0.1) is 0 Å². The quantitative estimate of drug-likeness (QED) is 0.527. The summed E-state index contributed by atoms with van der Waals surface area (Å²) in [7, 11) is 0. The zero-order valence-electron chi connectivity index (χ0n) is 15.7. The summed E-state index contributed by atoms with van der Waals surface area (Å²) in [5.41, 5.74) is -0.775. The molecule has 0 radical (unpaired) electrons. The molecule has 0 aliphatic carbocycles. The van der Waals surface area contributed by atoms with Crippen molar-refractivity contribution in [1.82, 2.24) is 10.2 Å². The van der Waals surface area contributed by atoms with E-state index in [0.717, 1.165) is 17.0 Å². The number of carbonyl (C=O) groups is 4. The van der Waals surface area contributed by atoms with Gasteiger partial charge in [-0.25, -0.2) is 9.18 Å². The van der Waals surface area contributed by atoms with E-state index in [2.05, 4.69) is 10.6 Å². The molecule has 1 fully saturated rings. The van der Waals surface area contributed by atoms with Gasteiger partial charge in [0.15, 0.2) is 6.10 Å². The molecule has 1 aliphatic rings. The minimum Gasteiger partial charge on any atom is -0.453 e. The van der Waals surface area contributed by atoms with Gasteiger partial charge >= 0.3 is 12.0 Å². The summed E-state index contributed by atoms with van der Waals surface area (Å²) in [5.74, 6) is -2.19. The largest absolute Gasteiger partial charge is 0.453 e. The molecule has 1 atom stereocenters. The van der Waals surface area contributed by atoms with Crippen molar-refractivity contribution in [2.24, 2.45) is 0 Å². The Labute approximate surface area is 166 Å². The zero-order chi connectivity index (χ0) is 21.1. The van der Waals surface area contributed by atoms with Gasteiger partial charge in [0.2, 0.25) is 0 Å². The first-order chi connectivity index (χ1) is 13.0. The van der Waals surface area contributed by atoms with Crippen molar-refractivity contribution in [2.75, 3.05) is 11.9 Å². The second kappa shape index (κ2) is 8.55. The highest BCUT2D eigenvalue weighted by Gasteiger charge is 2.43. The molecule has 1 aliphatic heterocycles. The molecule has 2 rings (SSSR count). The van der Waals surface area contributed by atoms with Crippen molar-refractivity contribution in [2.45, 2.75) is 45.3 Å². The number of ether oxygens (including phenoxy) is 1. The first kappa shape index (κ1) is 21.6. The van der Waals surface area contributed by atoms with E-state index in [1.165, 1.54) is 13.0 Å². The van der Waals surface area contributed by atoms with Gasteiger partial charge in [0, 0.05) is 13.0 Å². The minimum absolute atomic E-state index is 0.0170. The van der Waals surface area contributed by atoms with E-state index in [1.807, 2.05) is 0 Å². The van der Waals surface area contributed by atoms with Gasteiger partial charge in [-0.3, -0.25) is 19.3 Å². The number of esters is 1. The number of urea groups is 1. The topological polar surface area (TPSA) is 105 Å². The summed E-state index contributed by atoms with van der Waals surface area (Å²) < 4.78 is 18.1. The smallest absolute Gasteiger partial charge is 0.325 e. The third-order valence-corrected chi connectivity index (χ3v) is 4.39. The molecule has 28 heavy (non-hydrogen) atoms. The molecule has 152 valence electrons. The van der Waals surface area contributed by atoms with Crippen LogP contribution in [0.1, 0.15) is 33.6 Å². The molecule has 1 aromatic carbocycles. The summed E-state index contributed by atoms with van der Waals surface area (Å²) in [4.78, 5) is 48.8. The molecule has 2 N–H and O–H groups in total. The summed E-state index contributed by atoms with van der Waals surface area (Å²) in [6.07, 6.45) is -0.984. The van der Waals surface area contributed by atoms with Gasteiger partial charge in [0.25, 0.3) is 11.8 Å². The fraction of sp³-hybridized carbons (Fsp3) is 0.444. The van der Waals surface area contributed by atoms with Crippen molar-refractivity contribution < 1.29 is 28.3 Å². The molecule has 0 bridgehead atoms. The summed E-state index contributed by atoms with van der Waals surface area (Å²) in [5, 5.41) is 5.00. The zero-order valence-corrected chi connectivity index (χ0v) is 16.4. The number of benzene rings is 1. The van der Waals surface area contributed by atoms with Crippen LogP contribution in [0.3, 0.4) is 0 Å². The molecule has 0 aromatic heterocycles. The average Bonchev–Trinajstić information content (AvgIpc) is 2.78. The van der Waals surface area contributed by atoms with Crippen LogP contribution in [0, 0.1) is 5.82 Å².